The highest BCUT2D eigenvalue weighted by Gasteiger charge is 2.21. The second-order valence-electron chi connectivity index (χ2n) is 7.93. The van der Waals surface area contributed by atoms with E-state index in [1.54, 1.807) is 38.2 Å². The van der Waals surface area contributed by atoms with Crippen molar-refractivity contribution in [1.29, 1.82) is 0 Å². The minimum Gasteiger partial charge on any atom is -0.494 e. The van der Waals surface area contributed by atoms with Crippen LogP contribution in [0.5, 0.6) is 17.2 Å². The highest BCUT2D eigenvalue weighted by molar-refractivity contribution is 7.17. The van der Waals surface area contributed by atoms with E-state index in [-0.39, 0.29) is 11.5 Å². The van der Waals surface area contributed by atoms with Gasteiger partial charge >= 0.3 is 0 Å². The first-order valence-electron chi connectivity index (χ1n) is 11.1. The predicted octanol–water partition coefficient (Wildman–Crippen LogP) is 5.27. The van der Waals surface area contributed by atoms with Gasteiger partial charge in [-0.15, -0.1) is 11.3 Å². The van der Waals surface area contributed by atoms with Crippen LogP contribution in [0.2, 0.25) is 0 Å². The van der Waals surface area contributed by atoms with Crippen LogP contribution in [0.4, 0.5) is 5.69 Å². The second-order valence-corrected chi connectivity index (χ2v) is 8.93. The van der Waals surface area contributed by atoms with E-state index < -0.39 is 0 Å². The molecule has 0 aliphatic heterocycles. The van der Waals surface area contributed by atoms with Crippen molar-refractivity contribution in [2.24, 2.45) is 7.05 Å². The molecule has 0 atom stereocenters. The summed E-state index contributed by atoms with van der Waals surface area (Å²) in [5, 5.41) is 7.61. The van der Waals surface area contributed by atoms with Gasteiger partial charge in [0.15, 0.2) is 0 Å². The molecule has 0 aliphatic rings. The molecule has 4 aromatic rings. The zero-order chi connectivity index (χ0) is 25.1. The summed E-state index contributed by atoms with van der Waals surface area (Å²) >= 11 is 1.20. The molecule has 2 heterocycles. The first kappa shape index (κ1) is 24.2. The van der Waals surface area contributed by atoms with Crippen molar-refractivity contribution in [2.75, 3.05) is 11.9 Å². The lowest BCUT2D eigenvalue weighted by Crippen LogP contribution is -2.23. The van der Waals surface area contributed by atoms with Gasteiger partial charge < -0.3 is 14.8 Å². The smallest absolute Gasteiger partial charge is 0.277 e. The predicted molar refractivity (Wildman–Crippen MR) is 137 cm³/mol. The Hall–Kier alpha value is -3.98. The molecule has 0 spiro atoms. The Morgan fingerprint density at radius 3 is 2.20 bits per heavy atom. The largest absolute Gasteiger partial charge is 0.494 e. The maximum atomic E-state index is 13.0. The maximum Gasteiger partial charge on any atom is 0.277 e. The minimum atomic E-state index is -0.285. The fourth-order valence-corrected chi connectivity index (χ4v) is 4.57. The molecule has 0 saturated carbocycles. The summed E-state index contributed by atoms with van der Waals surface area (Å²) in [7, 11) is 1.61. The Kier molecular flexibility index (Phi) is 6.97. The molecule has 0 bridgehead atoms. The number of aromatic nitrogens is 3. The van der Waals surface area contributed by atoms with Gasteiger partial charge in [0, 0.05) is 12.7 Å². The third-order valence-corrected chi connectivity index (χ3v) is 6.60. The Balaban J connectivity index is 1.48. The fraction of sp³-hybridized carbons (Fsp3) is 0.231. The van der Waals surface area contributed by atoms with Gasteiger partial charge in [0.05, 0.1) is 23.6 Å². The van der Waals surface area contributed by atoms with Gasteiger partial charge in [0.25, 0.3) is 11.5 Å². The number of hydrogen-bond donors (Lipinski definition) is 1. The number of nitrogens with one attached hydrogen (secondary N) is 1. The monoisotopic (exact) mass is 490 g/mol. The van der Waals surface area contributed by atoms with E-state index in [4.69, 9.17) is 9.47 Å². The van der Waals surface area contributed by atoms with Crippen LogP contribution in [0.3, 0.4) is 0 Å². The summed E-state index contributed by atoms with van der Waals surface area (Å²) in [6.07, 6.45) is 0. The Labute approximate surface area is 207 Å². The number of ether oxygens (including phenoxy) is 2. The van der Waals surface area contributed by atoms with Gasteiger partial charge in [-0.3, -0.25) is 9.59 Å². The summed E-state index contributed by atoms with van der Waals surface area (Å²) in [5.41, 5.74) is 2.93. The van der Waals surface area contributed by atoms with Crippen LogP contribution in [0.1, 0.15) is 33.5 Å². The number of nitrogens with zero attached hydrogens (tertiary/aromatic N) is 3. The number of carbonyl (C=O) groups excluding carboxylic acids is 1. The number of anilines is 1. The average molecular weight is 491 g/mol. The Morgan fingerprint density at radius 1 is 0.971 bits per heavy atom. The average Bonchev–Trinajstić information content (AvgIpc) is 3.22. The first-order chi connectivity index (χ1) is 16.8. The highest BCUT2D eigenvalue weighted by atomic mass is 32.1. The van der Waals surface area contributed by atoms with Crippen molar-refractivity contribution in [2.45, 2.75) is 27.7 Å². The highest BCUT2D eigenvalue weighted by Crippen LogP contribution is 2.30. The van der Waals surface area contributed by atoms with E-state index in [9.17, 15) is 9.59 Å². The number of benzene rings is 2. The van der Waals surface area contributed by atoms with Crippen molar-refractivity contribution in [3.63, 3.8) is 0 Å². The lowest BCUT2D eigenvalue weighted by atomic mass is 10.1. The maximum absolute atomic E-state index is 13.0. The SMILES string of the molecule is CCOc1ccc(Oc2ccc(NC(=O)c3sc(-c4c(C)c(C)nn(C)c4=O)nc3C)cc2)cc1. The van der Waals surface area contributed by atoms with Crippen molar-refractivity contribution >= 4 is 22.9 Å². The van der Waals surface area contributed by atoms with Crippen molar-refractivity contribution < 1.29 is 14.3 Å². The van der Waals surface area contributed by atoms with E-state index in [0.29, 0.717) is 44.9 Å². The number of amides is 1. The molecule has 0 radical (unpaired) electrons. The molecule has 0 fully saturated rings. The lowest BCUT2D eigenvalue weighted by molar-refractivity contribution is 0.103. The zero-order valence-corrected chi connectivity index (χ0v) is 21.0. The Morgan fingerprint density at radius 2 is 1.57 bits per heavy atom. The van der Waals surface area contributed by atoms with Gasteiger partial charge in [-0.25, -0.2) is 9.67 Å². The van der Waals surface area contributed by atoms with Gasteiger partial charge in [0.2, 0.25) is 0 Å². The molecule has 2 aromatic carbocycles. The van der Waals surface area contributed by atoms with Crippen LogP contribution in [0.25, 0.3) is 10.6 Å². The number of carbonyl (C=O) groups is 1. The fourth-order valence-electron chi connectivity index (χ4n) is 3.52. The molecule has 8 nitrogen and oxygen atoms in total. The molecular weight excluding hydrogens is 464 g/mol. The topological polar surface area (TPSA) is 95.3 Å². The van der Waals surface area contributed by atoms with Crippen LogP contribution in [-0.4, -0.2) is 27.3 Å². The van der Waals surface area contributed by atoms with Gasteiger partial charge in [-0.1, -0.05) is 0 Å². The van der Waals surface area contributed by atoms with Gasteiger partial charge in [-0.05, 0) is 81.8 Å². The summed E-state index contributed by atoms with van der Waals surface area (Å²) in [5.74, 6) is 1.83. The van der Waals surface area contributed by atoms with E-state index in [0.717, 1.165) is 17.0 Å². The van der Waals surface area contributed by atoms with Crippen LogP contribution >= 0.6 is 11.3 Å². The van der Waals surface area contributed by atoms with E-state index in [1.807, 2.05) is 45.0 Å². The zero-order valence-electron chi connectivity index (χ0n) is 20.2. The summed E-state index contributed by atoms with van der Waals surface area (Å²) < 4.78 is 12.6. The van der Waals surface area contributed by atoms with E-state index in [2.05, 4.69) is 15.4 Å². The quantitative estimate of drug-likeness (QED) is 0.379. The third kappa shape index (κ3) is 5.25. The van der Waals surface area contributed by atoms with Crippen molar-refractivity contribution in [3.05, 3.63) is 80.7 Å². The standard InChI is InChI=1S/C26H26N4O4S/c1-6-33-19-11-13-21(14-12-19)34-20-9-7-18(8-10-20)28-24(31)23-17(4)27-25(35-23)22-15(2)16(3)29-30(5)26(22)32/h7-14H,6H2,1-5H3,(H,28,31). The molecule has 180 valence electrons. The minimum absolute atomic E-state index is 0.239. The third-order valence-electron chi connectivity index (χ3n) is 5.42. The molecule has 2 aromatic heterocycles. The molecule has 1 amide bonds. The summed E-state index contributed by atoms with van der Waals surface area (Å²) in [4.78, 5) is 30.6. The molecule has 0 unspecified atom stereocenters. The van der Waals surface area contributed by atoms with Crippen molar-refractivity contribution in [1.82, 2.24) is 14.8 Å². The Bertz CT molecular complexity index is 1420. The van der Waals surface area contributed by atoms with Crippen LogP contribution in [0, 0.1) is 20.8 Å². The number of aryl methyl sites for hydroxylation is 3. The molecule has 9 heteroatoms. The van der Waals surface area contributed by atoms with E-state index in [1.165, 1.54) is 16.0 Å². The molecule has 0 aliphatic carbocycles. The molecule has 1 N–H and O–H groups in total. The summed E-state index contributed by atoms with van der Waals surface area (Å²) in [6.45, 7) is 7.99. The number of hydrogen-bond acceptors (Lipinski definition) is 7. The molecule has 0 saturated heterocycles. The first-order valence-corrected chi connectivity index (χ1v) is 11.9. The van der Waals surface area contributed by atoms with Crippen molar-refractivity contribution in [3.8, 4) is 27.8 Å². The second kappa shape index (κ2) is 10.1. The van der Waals surface area contributed by atoms with Gasteiger partial charge in [-0.2, -0.15) is 5.10 Å². The normalized spacial score (nSPS) is 10.8. The number of rotatable bonds is 7. The molecule has 4 rings (SSSR count). The lowest BCUT2D eigenvalue weighted by Gasteiger charge is -2.09. The van der Waals surface area contributed by atoms with E-state index >= 15 is 0 Å². The van der Waals surface area contributed by atoms with Crippen LogP contribution in [-0.2, 0) is 7.05 Å². The summed E-state index contributed by atoms with van der Waals surface area (Å²) in [6, 6.07) is 14.5. The molecule has 35 heavy (non-hydrogen) atoms. The van der Waals surface area contributed by atoms with Crippen LogP contribution < -0.4 is 20.3 Å². The van der Waals surface area contributed by atoms with Crippen LogP contribution in [0.15, 0.2) is 53.3 Å². The van der Waals surface area contributed by atoms with Gasteiger partial charge in [0.1, 0.15) is 27.1 Å². The molecular formula is C26H26N4O4S. The number of thiazole rings is 1.